The fraction of sp³-hybridized carbons (Fsp3) is 0.853. The molecule has 0 radical (unpaired) electrons. The molecule has 0 saturated heterocycles. The molecule has 0 amide bonds. The third kappa shape index (κ3) is 68.0. The van der Waals surface area contributed by atoms with Gasteiger partial charge in [-0.3, -0.25) is 14.4 Å². The van der Waals surface area contributed by atoms with Crippen LogP contribution in [0.1, 0.15) is 393 Å². The number of esters is 3. The lowest BCUT2D eigenvalue weighted by atomic mass is 10.0. The summed E-state index contributed by atoms with van der Waals surface area (Å²) in [4.78, 5) is 38.5. The van der Waals surface area contributed by atoms with Crippen molar-refractivity contribution in [2.45, 2.75) is 399 Å². The van der Waals surface area contributed by atoms with Crippen LogP contribution in [0, 0.1) is 0 Å². The van der Waals surface area contributed by atoms with E-state index in [1.807, 2.05) is 0 Å². The minimum Gasteiger partial charge on any atom is -0.462 e. The lowest BCUT2D eigenvalue weighted by Gasteiger charge is -2.18. The van der Waals surface area contributed by atoms with Crippen LogP contribution in [0.15, 0.2) is 48.6 Å². The zero-order valence-electron chi connectivity index (χ0n) is 54.6. The molecule has 1 unspecified atom stereocenters. The molecule has 0 bridgehead atoms. The molecule has 6 nitrogen and oxygen atoms in total. The number of carbonyl (C=O) groups is 3. The van der Waals surface area contributed by atoms with E-state index in [0.29, 0.717) is 19.3 Å². The predicted molar refractivity (Wildman–Crippen MR) is 353 cm³/mol. The molecule has 1 atom stereocenters. The number of rotatable bonds is 67. The first kappa shape index (κ1) is 78.4. The normalized spacial score (nSPS) is 12.3. The van der Waals surface area contributed by atoms with Gasteiger partial charge in [-0.2, -0.15) is 0 Å². The molecular formula is C75H138O6. The van der Waals surface area contributed by atoms with E-state index in [0.717, 1.165) is 83.5 Å². The summed E-state index contributed by atoms with van der Waals surface area (Å²) in [6.07, 6.45) is 88.6. The fourth-order valence-corrected chi connectivity index (χ4v) is 11.0. The van der Waals surface area contributed by atoms with Gasteiger partial charge in [0.05, 0.1) is 0 Å². The molecule has 0 aliphatic rings. The van der Waals surface area contributed by atoms with Crippen LogP contribution < -0.4 is 0 Å². The smallest absolute Gasteiger partial charge is 0.306 e. The van der Waals surface area contributed by atoms with Crippen LogP contribution in [0.5, 0.6) is 0 Å². The molecule has 474 valence electrons. The Balaban J connectivity index is 4.24. The maximum atomic E-state index is 13.0. The van der Waals surface area contributed by atoms with E-state index < -0.39 is 6.10 Å². The van der Waals surface area contributed by atoms with Crippen LogP contribution in [0.2, 0.25) is 0 Å². The molecule has 0 rings (SSSR count). The summed E-state index contributed by atoms with van der Waals surface area (Å²) >= 11 is 0. The van der Waals surface area contributed by atoms with Crippen molar-refractivity contribution in [1.29, 1.82) is 0 Å². The molecular weight excluding hydrogens is 997 g/mol. The molecule has 0 aromatic carbocycles. The first-order valence-corrected chi connectivity index (χ1v) is 36.1. The summed E-state index contributed by atoms with van der Waals surface area (Å²) in [5.74, 6) is -0.843. The zero-order chi connectivity index (χ0) is 58.5. The summed E-state index contributed by atoms with van der Waals surface area (Å²) in [6, 6.07) is 0. The Morgan fingerprint density at radius 2 is 0.481 bits per heavy atom. The van der Waals surface area contributed by atoms with Crippen molar-refractivity contribution in [3.63, 3.8) is 0 Å². The number of unbranched alkanes of at least 4 members (excludes halogenated alkanes) is 48. The largest absolute Gasteiger partial charge is 0.462 e. The summed E-state index contributed by atoms with van der Waals surface area (Å²) in [7, 11) is 0. The predicted octanol–water partition coefficient (Wildman–Crippen LogP) is 24.9. The van der Waals surface area contributed by atoms with E-state index in [9.17, 15) is 14.4 Å². The zero-order valence-corrected chi connectivity index (χ0v) is 54.6. The molecule has 0 aromatic rings. The van der Waals surface area contributed by atoms with Crippen molar-refractivity contribution in [2.24, 2.45) is 0 Å². The minimum atomic E-state index is -0.774. The quantitative estimate of drug-likeness (QED) is 0.0261. The Labute approximate surface area is 505 Å². The first-order chi connectivity index (χ1) is 40.0. The molecule has 0 heterocycles. The van der Waals surface area contributed by atoms with Crippen molar-refractivity contribution in [1.82, 2.24) is 0 Å². The van der Waals surface area contributed by atoms with Crippen molar-refractivity contribution in [3.05, 3.63) is 48.6 Å². The van der Waals surface area contributed by atoms with Gasteiger partial charge in [0.2, 0.25) is 0 Å². The van der Waals surface area contributed by atoms with Gasteiger partial charge in [0, 0.05) is 19.3 Å². The highest BCUT2D eigenvalue weighted by Gasteiger charge is 2.19. The molecule has 0 aliphatic carbocycles. The van der Waals surface area contributed by atoms with Crippen molar-refractivity contribution in [2.75, 3.05) is 13.2 Å². The minimum absolute atomic E-state index is 0.0688. The molecule has 0 aromatic heterocycles. The summed E-state index contributed by atoms with van der Waals surface area (Å²) < 4.78 is 17.0. The number of allylic oxidation sites excluding steroid dienone is 8. The van der Waals surface area contributed by atoms with Gasteiger partial charge in [0.15, 0.2) is 6.10 Å². The Hall–Kier alpha value is -2.63. The van der Waals surface area contributed by atoms with Gasteiger partial charge in [-0.25, -0.2) is 0 Å². The standard InChI is InChI=1S/C75H138O6/c1-4-7-10-13-16-19-22-25-28-30-32-34-36-37-38-40-41-43-45-47-50-53-56-59-62-65-68-74(77)80-71-72(70-79-73(76)67-64-61-58-55-52-49-27-24-21-18-15-12-9-6-3)81-75(78)69-66-63-60-57-54-51-48-46-44-42-39-35-33-31-29-26-23-20-17-14-11-8-5-2/h8,11,17,20,26,29,33,35,72H,4-7,9-10,12-16,18-19,21-25,27-28,30-32,34,36-71H2,1-3H3/b11-8-,20-17-,29-26-,35-33-. The van der Waals surface area contributed by atoms with Gasteiger partial charge in [-0.1, -0.05) is 365 Å². The van der Waals surface area contributed by atoms with E-state index in [2.05, 4.69) is 69.4 Å². The Morgan fingerprint density at radius 1 is 0.259 bits per heavy atom. The van der Waals surface area contributed by atoms with Crippen LogP contribution >= 0.6 is 0 Å². The lowest BCUT2D eigenvalue weighted by Crippen LogP contribution is -2.30. The van der Waals surface area contributed by atoms with Crippen LogP contribution in [0.3, 0.4) is 0 Å². The monoisotopic (exact) mass is 1140 g/mol. The van der Waals surface area contributed by atoms with Gasteiger partial charge >= 0.3 is 17.9 Å². The third-order valence-corrected chi connectivity index (χ3v) is 16.3. The van der Waals surface area contributed by atoms with Crippen LogP contribution in [0.25, 0.3) is 0 Å². The van der Waals surface area contributed by atoms with E-state index in [1.165, 1.54) is 270 Å². The molecule has 0 saturated carbocycles. The highest BCUT2D eigenvalue weighted by Crippen LogP contribution is 2.19. The SMILES string of the molecule is CC/C=C\C/C=C\C/C=C\C/C=C\CCCCCCCCCCCCC(=O)OC(COC(=O)CCCCCCCCCCCCCCCC)COC(=O)CCCCCCCCCCCCCCCCCCCCCCCCCCCC. The second kappa shape index (κ2) is 69.9. The number of carbonyl (C=O) groups excluding carboxylic acids is 3. The first-order valence-electron chi connectivity index (χ1n) is 36.1. The highest BCUT2D eigenvalue weighted by atomic mass is 16.6. The van der Waals surface area contributed by atoms with E-state index in [4.69, 9.17) is 14.2 Å². The summed E-state index contributed by atoms with van der Waals surface area (Å²) in [5, 5.41) is 0. The average molecular weight is 1140 g/mol. The van der Waals surface area contributed by atoms with Crippen LogP contribution in [0.4, 0.5) is 0 Å². The van der Waals surface area contributed by atoms with Crippen LogP contribution in [-0.4, -0.2) is 37.2 Å². The van der Waals surface area contributed by atoms with Crippen molar-refractivity contribution < 1.29 is 28.6 Å². The van der Waals surface area contributed by atoms with Gasteiger partial charge < -0.3 is 14.2 Å². The maximum Gasteiger partial charge on any atom is 0.306 e. The van der Waals surface area contributed by atoms with Crippen molar-refractivity contribution in [3.8, 4) is 0 Å². The second-order valence-electron chi connectivity index (χ2n) is 24.5. The molecule has 6 heteroatoms. The average Bonchev–Trinajstić information content (AvgIpc) is 3.47. The van der Waals surface area contributed by atoms with Crippen LogP contribution in [-0.2, 0) is 28.6 Å². The number of ether oxygens (including phenoxy) is 3. The Kier molecular flexibility index (Phi) is 67.6. The number of hydrogen-bond acceptors (Lipinski definition) is 6. The van der Waals surface area contributed by atoms with Crippen molar-refractivity contribution >= 4 is 17.9 Å². The topological polar surface area (TPSA) is 78.9 Å². The van der Waals surface area contributed by atoms with Gasteiger partial charge in [-0.05, 0) is 57.8 Å². The van der Waals surface area contributed by atoms with E-state index in [1.54, 1.807) is 0 Å². The van der Waals surface area contributed by atoms with E-state index >= 15 is 0 Å². The highest BCUT2D eigenvalue weighted by molar-refractivity contribution is 5.71. The van der Waals surface area contributed by atoms with Gasteiger partial charge in [-0.15, -0.1) is 0 Å². The lowest BCUT2D eigenvalue weighted by molar-refractivity contribution is -0.167. The second-order valence-corrected chi connectivity index (χ2v) is 24.5. The fourth-order valence-electron chi connectivity index (χ4n) is 11.0. The summed E-state index contributed by atoms with van der Waals surface area (Å²) in [6.45, 7) is 6.60. The Morgan fingerprint density at radius 3 is 0.753 bits per heavy atom. The number of hydrogen-bond donors (Lipinski definition) is 0. The van der Waals surface area contributed by atoms with Gasteiger partial charge in [0.1, 0.15) is 13.2 Å². The molecule has 0 fully saturated rings. The van der Waals surface area contributed by atoms with Gasteiger partial charge in [0.25, 0.3) is 0 Å². The molecule has 81 heavy (non-hydrogen) atoms. The Bertz CT molecular complexity index is 1400. The summed E-state index contributed by atoms with van der Waals surface area (Å²) in [5.41, 5.74) is 0. The maximum absolute atomic E-state index is 13.0. The third-order valence-electron chi connectivity index (χ3n) is 16.3. The van der Waals surface area contributed by atoms with E-state index in [-0.39, 0.29) is 31.1 Å². The molecule has 0 aliphatic heterocycles. The molecule has 0 spiro atoms. The molecule has 0 N–H and O–H groups in total.